The molecule has 2 fully saturated rings. The first kappa shape index (κ1) is 18.2. The Hall–Kier alpha value is -1.10. The second-order valence-corrected chi connectivity index (χ2v) is 6.38. The predicted octanol–water partition coefficient (Wildman–Crippen LogP) is 3.09. The van der Waals surface area contributed by atoms with Crippen LogP contribution in [0.4, 0.5) is 0 Å². The Balaban J connectivity index is 0.00000192. The van der Waals surface area contributed by atoms with Gasteiger partial charge in [-0.15, -0.1) is 12.4 Å². The zero-order valence-corrected chi connectivity index (χ0v) is 14.3. The summed E-state index contributed by atoms with van der Waals surface area (Å²) in [4.78, 5) is 13.7. The molecule has 0 aromatic heterocycles. The number of carbonyl (C=O) groups is 1. The Labute approximate surface area is 144 Å². The smallest absolute Gasteiger partial charge is 0.307 e. The number of morpholine rings is 1. The fraction of sp³-hybridized carbons (Fsp3) is 0.611. The Bertz CT molecular complexity index is 517. The van der Waals surface area contributed by atoms with E-state index in [1.807, 2.05) is 18.2 Å². The second kappa shape index (κ2) is 8.67. The summed E-state index contributed by atoms with van der Waals surface area (Å²) < 4.78 is 5.49. The molecule has 1 N–H and O–H groups in total. The second-order valence-electron chi connectivity index (χ2n) is 6.38. The Morgan fingerprint density at radius 2 is 1.87 bits per heavy atom. The van der Waals surface area contributed by atoms with E-state index >= 15 is 0 Å². The highest BCUT2D eigenvalue weighted by molar-refractivity contribution is 5.85. The van der Waals surface area contributed by atoms with E-state index in [1.54, 1.807) is 0 Å². The third kappa shape index (κ3) is 4.46. The van der Waals surface area contributed by atoms with Gasteiger partial charge in [0.25, 0.3) is 0 Å². The number of carboxylic acid groups (broad SMARTS) is 1. The van der Waals surface area contributed by atoms with Crippen molar-refractivity contribution in [1.29, 1.82) is 0 Å². The molecular weight excluding hydrogens is 314 g/mol. The zero-order valence-electron chi connectivity index (χ0n) is 13.4. The summed E-state index contributed by atoms with van der Waals surface area (Å²) in [6.45, 7) is 3.64. The monoisotopic (exact) mass is 339 g/mol. The molecule has 1 heterocycles. The highest BCUT2D eigenvalue weighted by Gasteiger charge is 2.33. The molecule has 0 bridgehead atoms. The molecule has 0 radical (unpaired) electrons. The fourth-order valence-electron chi connectivity index (χ4n) is 4.04. The van der Waals surface area contributed by atoms with Crippen LogP contribution in [0.15, 0.2) is 24.3 Å². The van der Waals surface area contributed by atoms with Gasteiger partial charge >= 0.3 is 5.97 Å². The van der Waals surface area contributed by atoms with E-state index < -0.39 is 5.97 Å². The van der Waals surface area contributed by atoms with E-state index in [0.29, 0.717) is 12.0 Å². The van der Waals surface area contributed by atoms with Gasteiger partial charge in [0, 0.05) is 19.1 Å². The average Bonchev–Trinajstić information content (AvgIpc) is 2.56. The van der Waals surface area contributed by atoms with Gasteiger partial charge in [-0.25, -0.2) is 0 Å². The Morgan fingerprint density at radius 3 is 2.61 bits per heavy atom. The molecule has 4 nitrogen and oxygen atoms in total. The molecule has 5 heteroatoms. The van der Waals surface area contributed by atoms with Crippen LogP contribution < -0.4 is 0 Å². The van der Waals surface area contributed by atoms with Gasteiger partial charge in [0.1, 0.15) is 0 Å². The van der Waals surface area contributed by atoms with Crippen molar-refractivity contribution in [3.8, 4) is 0 Å². The molecule has 0 amide bonds. The van der Waals surface area contributed by atoms with E-state index in [9.17, 15) is 9.90 Å². The van der Waals surface area contributed by atoms with Gasteiger partial charge in [0.15, 0.2) is 0 Å². The maximum Gasteiger partial charge on any atom is 0.307 e. The lowest BCUT2D eigenvalue weighted by Gasteiger charge is -2.42. The van der Waals surface area contributed by atoms with Gasteiger partial charge in [-0.05, 0) is 29.9 Å². The normalized spacial score (nSPS) is 25.6. The van der Waals surface area contributed by atoms with Gasteiger partial charge in [0.2, 0.25) is 0 Å². The number of nitrogens with zero attached hydrogens (tertiary/aromatic N) is 1. The number of carboxylic acids is 1. The first-order valence-corrected chi connectivity index (χ1v) is 8.37. The summed E-state index contributed by atoms with van der Waals surface area (Å²) >= 11 is 0. The molecule has 2 atom stereocenters. The molecule has 0 spiro atoms. The third-order valence-corrected chi connectivity index (χ3v) is 5.04. The van der Waals surface area contributed by atoms with Crippen molar-refractivity contribution in [3.05, 3.63) is 35.4 Å². The Morgan fingerprint density at radius 1 is 1.17 bits per heavy atom. The van der Waals surface area contributed by atoms with E-state index in [1.165, 1.54) is 31.2 Å². The minimum atomic E-state index is -0.744. The summed E-state index contributed by atoms with van der Waals surface area (Å²) in [5.41, 5.74) is 2.24. The lowest BCUT2D eigenvalue weighted by atomic mass is 9.77. The molecular formula is C18H26ClNO3. The van der Waals surface area contributed by atoms with E-state index in [2.05, 4.69) is 11.0 Å². The lowest BCUT2D eigenvalue weighted by Crippen LogP contribution is -2.47. The van der Waals surface area contributed by atoms with E-state index in [0.717, 1.165) is 31.9 Å². The van der Waals surface area contributed by atoms with Crippen LogP contribution in [-0.4, -0.2) is 48.3 Å². The van der Waals surface area contributed by atoms with Gasteiger partial charge < -0.3 is 9.84 Å². The minimum Gasteiger partial charge on any atom is -0.481 e. The molecule has 3 rings (SSSR count). The number of hydrogen-bond acceptors (Lipinski definition) is 3. The number of rotatable bonds is 4. The zero-order chi connectivity index (χ0) is 15.4. The summed E-state index contributed by atoms with van der Waals surface area (Å²) in [5.74, 6) is -0.284. The van der Waals surface area contributed by atoms with Crippen LogP contribution in [0.5, 0.6) is 0 Å². The van der Waals surface area contributed by atoms with Crippen LogP contribution in [0.1, 0.15) is 42.7 Å². The Kier molecular flexibility index (Phi) is 6.88. The quantitative estimate of drug-likeness (QED) is 0.915. The summed E-state index contributed by atoms with van der Waals surface area (Å²) in [6.07, 6.45) is 5.03. The van der Waals surface area contributed by atoms with Crippen molar-refractivity contribution in [2.45, 2.75) is 44.1 Å². The number of benzene rings is 1. The fourth-order valence-corrected chi connectivity index (χ4v) is 4.04. The molecule has 1 aliphatic carbocycles. The van der Waals surface area contributed by atoms with Crippen molar-refractivity contribution in [2.24, 2.45) is 0 Å². The van der Waals surface area contributed by atoms with Crippen LogP contribution in [0, 0.1) is 0 Å². The molecule has 2 aliphatic rings. The number of halogens is 1. The van der Waals surface area contributed by atoms with Crippen LogP contribution >= 0.6 is 12.4 Å². The van der Waals surface area contributed by atoms with Crippen LogP contribution in [0.2, 0.25) is 0 Å². The number of hydrogen-bond donors (Lipinski definition) is 1. The van der Waals surface area contributed by atoms with Crippen molar-refractivity contribution >= 4 is 18.4 Å². The highest BCUT2D eigenvalue weighted by Crippen LogP contribution is 2.38. The lowest BCUT2D eigenvalue weighted by molar-refractivity contribution is -0.136. The third-order valence-electron chi connectivity index (χ3n) is 5.04. The first-order valence-electron chi connectivity index (χ1n) is 8.37. The molecule has 1 aromatic rings. The largest absolute Gasteiger partial charge is 0.481 e. The molecule has 2 unspecified atom stereocenters. The van der Waals surface area contributed by atoms with E-state index in [-0.39, 0.29) is 18.8 Å². The summed E-state index contributed by atoms with van der Waals surface area (Å²) in [7, 11) is 0. The average molecular weight is 340 g/mol. The van der Waals surface area contributed by atoms with Crippen molar-refractivity contribution in [3.63, 3.8) is 0 Å². The van der Waals surface area contributed by atoms with Crippen molar-refractivity contribution in [2.75, 3.05) is 26.3 Å². The molecule has 1 aromatic carbocycles. The van der Waals surface area contributed by atoms with E-state index in [4.69, 9.17) is 4.74 Å². The highest BCUT2D eigenvalue weighted by atomic mass is 35.5. The van der Waals surface area contributed by atoms with Gasteiger partial charge in [-0.3, -0.25) is 9.69 Å². The molecule has 23 heavy (non-hydrogen) atoms. The maximum absolute atomic E-state index is 11.2. The van der Waals surface area contributed by atoms with Crippen molar-refractivity contribution in [1.82, 2.24) is 4.90 Å². The summed E-state index contributed by atoms with van der Waals surface area (Å²) in [6, 6.07) is 8.66. The number of aliphatic carboxylic acids is 1. The topological polar surface area (TPSA) is 49.8 Å². The SMILES string of the molecule is Cl.O=C(O)Cc1ccccc1C1CCCCC1N1CCOCC1. The summed E-state index contributed by atoms with van der Waals surface area (Å²) in [5, 5.41) is 9.18. The standard InChI is InChI=1S/C18H25NO3.ClH/c20-18(21)13-14-5-1-2-6-15(14)16-7-3-4-8-17(16)19-9-11-22-12-10-19;/h1-2,5-6,16-17H,3-4,7-13H2,(H,20,21);1H. The predicted molar refractivity (Wildman–Crippen MR) is 92.4 cm³/mol. The first-order chi connectivity index (χ1) is 10.8. The van der Waals surface area contributed by atoms with Gasteiger partial charge in [-0.2, -0.15) is 0 Å². The molecule has 128 valence electrons. The minimum absolute atomic E-state index is 0. The van der Waals surface area contributed by atoms with Gasteiger partial charge in [-0.1, -0.05) is 37.1 Å². The van der Waals surface area contributed by atoms with Crippen LogP contribution in [-0.2, 0) is 16.0 Å². The van der Waals surface area contributed by atoms with Crippen LogP contribution in [0.3, 0.4) is 0 Å². The van der Waals surface area contributed by atoms with Gasteiger partial charge in [0.05, 0.1) is 19.6 Å². The molecule has 1 saturated heterocycles. The van der Waals surface area contributed by atoms with Crippen molar-refractivity contribution < 1.29 is 14.6 Å². The number of ether oxygens (including phenoxy) is 1. The van der Waals surface area contributed by atoms with Crippen LogP contribution in [0.25, 0.3) is 0 Å². The maximum atomic E-state index is 11.2. The molecule has 1 aliphatic heterocycles. The molecule has 1 saturated carbocycles.